The number of carbonyl (C=O) groups is 4. The van der Waals surface area contributed by atoms with Crippen LogP contribution in [0.3, 0.4) is 0 Å². The predicted octanol–water partition coefficient (Wildman–Crippen LogP) is 4.98. The molecule has 1 saturated carbocycles. The number of nitrogens with zero attached hydrogens (tertiary/aromatic N) is 2. The standard InChI is InChI=1S/C35H50N4O6/c1-2-32(41)38-23-24-39(33(42)25-38)34-20-18-27(45-34)17-19-31(40)36-21-13-9-5-3-4-6-10-14-22-37-35(43)44-26-30-28-15-11-7-8-12-16-29(28)30/h2,18,20,28-30H,1,3-6,9-17,19,21-26H2,(H,36,40)(H,37,43)/t28-,29+,30?. The normalized spacial score (nSPS) is 20.6. The molecule has 1 unspecified atom stereocenters. The number of furan rings is 1. The molecule has 4 rings (SSSR count). The van der Waals surface area contributed by atoms with Crippen molar-refractivity contribution in [1.82, 2.24) is 15.5 Å². The summed E-state index contributed by atoms with van der Waals surface area (Å²) in [6.45, 7) is 6.13. The van der Waals surface area contributed by atoms with Gasteiger partial charge in [-0.25, -0.2) is 4.79 Å². The van der Waals surface area contributed by atoms with Gasteiger partial charge >= 0.3 is 6.09 Å². The molecule has 1 aliphatic heterocycles. The monoisotopic (exact) mass is 622 g/mol. The fourth-order valence-electron chi connectivity index (χ4n) is 6.43. The number of nitrogens with one attached hydrogen (secondary N) is 2. The molecule has 2 aliphatic carbocycles. The maximum Gasteiger partial charge on any atom is 0.407 e. The molecule has 1 aromatic heterocycles. The maximum absolute atomic E-state index is 12.4. The molecule has 10 nitrogen and oxygen atoms in total. The van der Waals surface area contributed by atoms with Crippen LogP contribution in [0.1, 0.15) is 89.2 Å². The van der Waals surface area contributed by atoms with Crippen LogP contribution in [0, 0.1) is 29.6 Å². The zero-order chi connectivity index (χ0) is 31.9. The Morgan fingerprint density at radius 1 is 0.933 bits per heavy atom. The molecule has 0 bridgehead atoms. The van der Waals surface area contributed by atoms with Gasteiger partial charge in [-0.1, -0.05) is 45.1 Å². The fourth-order valence-corrected chi connectivity index (χ4v) is 6.43. The first-order chi connectivity index (χ1) is 22.0. The third kappa shape index (κ3) is 11.3. The number of fused-ring (bicyclic) bond motifs is 1. The Kier molecular flexibility index (Phi) is 13.9. The highest BCUT2D eigenvalue weighted by atomic mass is 16.5. The van der Waals surface area contributed by atoms with Crippen molar-refractivity contribution in [3.8, 4) is 11.8 Å². The number of aryl methyl sites for hydroxylation is 1. The third-order valence-electron chi connectivity index (χ3n) is 9.16. The number of piperazine rings is 1. The average Bonchev–Trinajstić information content (AvgIpc) is 3.43. The summed E-state index contributed by atoms with van der Waals surface area (Å²) in [5.41, 5.74) is 0. The van der Waals surface area contributed by atoms with E-state index in [2.05, 4.69) is 29.1 Å². The van der Waals surface area contributed by atoms with E-state index in [0.717, 1.165) is 64.2 Å². The molecule has 3 atom stereocenters. The second-order valence-corrected chi connectivity index (χ2v) is 12.4. The van der Waals surface area contributed by atoms with Crippen molar-refractivity contribution in [2.24, 2.45) is 17.8 Å². The van der Waals surface area contributed by atoms with Gasteiger partial charge in [0, 0.05) is 57.9 Å². The predicted molar refractivity (Wildman–Crippen MR) is 172 cm³/mol. The summed E-state index contributed by atoms with van der Waals surface area (Å²) in [6.07, 6.45) is 14.8. The van der Waals surface area contributed by atoms with Gasteiger partial charge < -0.3 is 24.7 Å². The van der Waals surface area contributed by atoms with E-state index >= 15 is 0 Å². The Labute approximate surface area is 267 Å². The molecule has 2 N–H and O–H groups in total. The van der Waals surface area contributed by atoms with Gasteiger partial charge in [-0.05, 0) is 55.6 Å². The number of hydrogen-bond donors (Lipinski definition) is 2. The molecule has 1 saturated heterocycles. The Bertz CT molecular complexity index is 1200. The van der Waals surface area contributed by atoms with E-state index in [0.29, 0.717) is 75.0 Å². The SMILES string of the molecule is C=CC(=O)N1CCN(c2ccc(CCC(=O)NCCCCCCCCCCNC(=O)OCC3[C@H]4CCC#CCC[C@@H]34)o2)C(=O)C1. The number of amides is 4. The maximum atomic E-state index is 12.4. The van der Waals surface area contributed by atoms with Crippen LogP contribution in [0.4, 0.5) is 10.7 Å². The van der Waals surface area contributed by atoms with E-state index in [9.17, 15) is 19.2 Å². The molecule has 246 valence electrons. The van der Waals surface area contributed by atoms with Crippen molar-refractivity contribution < 1.29 is 28.3 Å². The molecule has 2 heterocycles. The second kappa shape index (κ2) is 18.3. The number of alkyl carbamates (subject to hydrolysis) is 1. The number of rotatable bonds is 18. The van der Waals surface area contributed by atoms with Crippen LogP contribution >= 0.6 is 0 Å². The van der Waals surface area contributed by atoms with Gasteiger partial charge in [-0.3, -0.25) is 19.3 Å². The molecular formula is C35H50N4O6. The van der Waals surface area contributed by atoms with Gasteiger partial charge in [-0.15, -0.1) is 11.8 Å². The molecule has 4 amide bonds. The molecule has 10 heteroatoms. The number of unbranched alkanes of at least 4 members (excludes halogenated alkanes) is 7. The Balaban J connectivity index is 0.919. The minimum Gasteiger partial charge on any atom is -0.449 e. The molecule has 3 aliphatic rings. The van der Waals surface area contributed by atoms with E-state index in [4.69, 9.17) is 9.15 Å². The first-order valence-electron chi connectivity index (χ1n) is 16.9. The van der Waals surface area contributed by atoms with Crippen LogP contribution in [0.5, 0.6) is 0 Å². The third-order valence-corrected chi connectivity index (χ3v) is 9.16. The van der Waals surface area contributed by atoms with Crippen LogP contribution in [0.25, 0.3) is 0 Å². The number of hydrogen-bond acceptors (Lipinski definition) is 6. The molecule has 2 fully saturated rings. The Morgan fingerprint density at radius 3 is 2.22 bits per heavy atom. The lowest BCUT2D eigenvalue weighted by atomic mass is 10.1. The van der Waals surface area contributed by atoms with Crippen LogP contribution in [0.2, 0.25) is 0 Å². The van der Waals surface area contributed by atoms with Gasteiger partial charge in [0.1, 0.15) is 12.3 Å². The van der Waals surface area contributed by atoms with Crippen LogP contribution in [-0.2, 0) is 25.5 Å². The first kappa shape index (κ1) is 34.1. The van der Waals surface area contributed by atoms with Crippen molar-refractivity contribution in [2.45, 2.75) is 89.9 Å². The molecule has 0 radical (unpaired) electrons. The quantitative estimate of drug-likeness (QED) is 0.135. The molecule has 45 heavy (non-hydrogen) atoms. The zero-order valence-electron chi connectivity index (χ0n) is 26.7. The Hall–Kier alpha value is -3.74. The summed E-state index contributed by atoms with van der Waals surface area (Å²) < 4.78 is 11.3. The highest BCUT2D eigenvalue weighted by Crippen LogP contribution is 2.52. The summed E-state index contributed by atoms with van der Waals surface area (Å²) in [5.74, 6) is 8.99. The van der Waals surface area contributed by atoms with E-state index in [1.807, 2.05) is 0 Å². The summed E-state index contributed by atoms with van der Waals surface area (Å²) in [5, 5.41) is 5.88. The molecular weight excluding hydrogens is 572 g/mol. The highest BCUT2D eigenvalue weighted by molar-refractivity contribution is 5.98. The summed E-state index contributed by atoms with van der Waals surface area (Å²) in [6, 6.07) is 3.53. The van der Waals surface area contributed by atoms with Crippen molar-refractivity contribution in [2.75, 3.05) is 44.2 Å². The van der Waals surface area contributed by atoms with Gasteiger partial charge in [0.2, 0.25) is 23.6 Å². The lowest BCUT2D eigenvalue weighted by molar-refractivity contribution is -0.133. The van der Waals surface area contributed by atoms with E-state index in [1.54, 1.807) is 12.1 Å². The summed E-state index contributed by atoms with van der Waals surface area (Å²) >= 11 is 0. The topological polar surface area (TPSA) is 121 Å². The van der Waals surface area contributed by atoms with Gasteiger partial charge in [0.05, 0.1) is 6.61 Å². The van der Waals surface area contributed by atoms with Gasteiger partial charge in [0.25, 0.3) is 0 Å². The van der Waals surface area contributed by atoms with E-state index in [-0.39, 0.29) is 30.4 Å². The number of carbonyl (C=O) groups excluding carboxylic acids is 4. The largest absolute Gasteiger partial charge is 0.449 e. The van der Waals surface area contributed by atoms with Crippen LogP contribution in [-0.4, -0.2) is 68.0 Å². The van der Waals surface area contributed by atoms with Crippen molar-refractivity contribution in [3.05, 3.63) is 30.5 Å². The number of anilines is 1. The lowest BCUT2D eigenvalue weighted by Crippen LogP contribution is -2.52. The summed E-state index contributed by atoms with van der Waals surface area (Å²) in [7, 11) is 0. The van der Waals surface area contributed by atoms with Crippen LogP contribution < -0.4 is 15.5 Å². The van der Waals surface area contributed by atoms with E-state index in [1.165, 1.54) is 28.7 Å². The number of ether oxygens (including phenoxy) is 1. The second-order valence-electron chi connectivity index (χ2n) is 12.4. The first-order valence-corrected chi connectivity index (χ1v) is 16.9. The van der Waals surface area contributed by atoms with Crippen molar-refractivity contribution in [3.63, 3.8) is 0 Å². The van der Waals surface area contributed by atoms with Crippen LogP contribution in [0.15, 0.2) is 29.2 Å². The van der Waals surface area contributed by atoms with Crippen molar-refractivity contribution in [1.29, 1.82) is 0 Å². The lowest BCUT2D eigenvalue weighted by Gasteiger charge is -2.32. The minimum absolute atomic E-state index is 0.00125. The molecule has 1 aromatic rings. The smallest absolute Gasteiger partial charge is 0.407 e. The van der Waals surface area contributed by atoms with Crippen molar-refractivity contribution >= 4 is 29.7 Å². The fraction of sp³-hybridized carbons (Fsp3) is 0.657. The average molecular weight is 623 g/mol. The zero-order valence-corrected chi connectivity index (χ0v) is 26.7. The van der Waals surface area contributed by atoms with E-state index < -0.39 is 0 Å². The van der Waals surface area contributed by atoms with Gasteiger partial charge in [-0.2, -0.15) is 0 Å². The van der Waals surface area contributed by atoms with Gasteiger partial charge in [0.15, 0.2) is 0 Å². The Morgan fingerprint density at radius 2 is 1.58 bits per heavy atom. The minimum atomic E-state index is -0.282. The molecule has 0 aromatic carbocycles. The molecule has 0 spiro atoms. The highest BCUT2D eigenvalue weighted by Gasteiger charge is 2.49. The summed E-state index contributed by atoms with van der Waals surface area (Å²) in [4.78, 5) is 51.4.